The van der Waals surface area contributed by atoms with Crippen molar-refractivity contribution >= 4 is 17.3 Å². The van der Waals surface area contributed by atoms with E-state index < -0.39 is 23.8 Å². The number of carbonyl (C=O) groups is 1. The van der Waals surface area contributed by atoms with Gasteiger partial charge < -0.3 is 9.84 Å². The number of carboxylic acids is 1. The molecule has 0 amide bonds. The molecule has 0 radical (unpaired) electrons. The number of halogens is 3. The average Bonchev–Trinajstić information content (AvgIpc) is 2.77. The number of hydrogen-bond donors (Lipinski definition) is 1. The van der Waals surface area contributed by atoms with E-state index >= 15 is 0 Å². The highest BCUT2D eigenvalue weighted by Crippen LogP contribution is 2.30. The van der Waals surface area contributed by atoms with Gasteiger partial charge in [0.1, 0.15) is 10.6 Å². The van der Waals surface area contributed by atoms with Gasteiger partial charge in [0, 0.05) is 17.6 Å². The molecule has 2 aromatic rings. The Morgan fingerprint density at radius 3 is 2.74 bits per heavy atom. The zero-order chi connectivity index (χ0) is 14.0. The number of aromatic carboxylic acids is 1. The highest BCUT2D eigenvalue weighted by atomic mass is 32.1. The summed E-state index contributed by atoms with van der Waals surface area (Å²) in [7, 11) is 0. The molecule has 2 aromatic heterocycles. The molecule has 0 unspecified atom stereocenters. The van der Waals surface area contributed by atoms with Crippen molar-refractivity contribution in [2.75, 3.05) is 0 Å². The molecular formula is C10H5F3N2O3S. The standard InChI is InChI=1S/C10H5F3N2O3S/c11-10(12,13)7-1-2-14-9(15-7)18-5-3-6(8(16)17)19-4-5/h1-4H,(H,16,17). The van der Waals surface area contributed by atoms with Crippen molar-refractivity contribution in [3.8, 4) is 11.8 Å². The van der Waals surface area contributed by atoms with E-state index in [2.05, 4.69) is 9.97 Å². The molecule has 0 bridgehead atoms. The quantitative estimate of drug-likeness (QED) is 0.940. The fourth-order valence-electron chi connectivity index (χ4n) is 1.14. The molecule has 0 atom stereocenters. The molecule has 9 heteroatoms. The van der Waals surface area contributed by atoms with Crippen molar-refractivity contribution in [1.82, 2.24) is 9.97 Å². The third kappa shape index (κ3) is 3.19. The SMILES string of the molecule is O=C(O)c1cc(Oc2nccc(C(F)(F)F)n2)cs1. The minimum atomic E-state index is -4.60. The van der Waals surface area contributed by atoms with Crippen LogP contribution in [-0.4, -0.2) is 21.0 Å². The first-order valence-electron chi connectivity index (χ1n) is 4.76. The van der Waals surface area contributed by atoms with E-state index in [0.29, 0.717) is 6.07 Å². The van der Waals surface area contributed by atoms with Gasteiger partial charge in [-0.3, -0.25) is 0 Å². The van der Waals surface area contributed by atoms with E-state index in [0.717, 1.165) is 17.5 Å². The summed E-state index contributed by atoms with van der Waals surface area (Å²) in [6, 6.07) is 1.39. The average molecular weight is 290 g/mol. The van der Waals surface area contributed by atoms with Crippen LogP contribution >= 0.6 is 11.3 Å². The molecule has 2 heterocycles. The molecular weight excluding hydrogens is 285 g/mol. The zero-order valence-electron chi connectivity index (χ0n) is 9.01. The smallest absolute Gasteiger partial charge is 0.433 e. The second kappa shape index (κ2) is 4.84. The van der Waals surface area contributed by atoms with Crippen LogP contribution in [0.1, 0.15) is 15.4 Å². The van der Waals surface area contributed by atoms with E-state index in [4.69, 9.17) is 9.84 Å². The van der Waals surface area contributed by atoms with Crippen molar-refractivity contribution in [2.24, 2.45) is 0 Å². The Morgan fingerprint density at radius 2 is 2.16 bits per heavy atom. The van der Waals surface area contributed by atoms with Crippen molar-refractivity contribution < 1.29 is 27.8 Å². The molecule has 0 spiro atoms. The first-order valence-corrected chi connectivity index (χ1v) is 5.64. The lowest BCUT2D eigenvalue weighted by molar-refractivity contribution is -0.141. The van der Waals surface area contributed by atoms with E-state index in [9.17, 15) is 18.0 Å². The predicted molar refractivity (Wildman–Crippen MR) is 58.4 cm³/mol. The van der Waals surface area contributed by atoms with Crippen LogP contribution in [0, 0.1) is 0 Å². The second-order valence-corrected chi connectivity index (χ2v) is 4.19. The van der Waals surface area contributed by atoms with Crippen molar-refractivity contribution in [3.05, 3.63) is 34.3 Å². The van der Waals surface area contributed by atoms with Gasteiger partial charge in [-0.25, -0.2) is 9.78 Å². The molecule has 0 aromatic carbocycles. The van der Waals surface area contributed by atoms with Crippen LogP contribution in [0.25, 0.3) is 0 Å². The Labute approximate surface area is 108 Å². The summed E-state index contributed by atoms with van der Waals surface area (Å²) >= 11 is 0.884. The van der Waals surface area contributed by atoms with Crippen LogP contribution in [0.4, 0.5) is 13.2 Å². The van der Waals surface area contributed by atoms with E-state index in [-0.39, 0.29) is 10.6 Å². The topological polar surface area (TPSA) is 72.3 Å². The minimum Gasteiger partial charge on any atom is -0.477 e. The number of ether oxygens (including phenoxy) is 1. The first-order chi connectivity index (χ1) is 8.86. The lowest BCUT2D eigenvalue weighted by Crippen LogP contribution is -2.08. The Bertz CT molecular complexity index is 612. The summed E-state index contributed by atoms with van der Waals surface area (Å²) in [6.45, 7) is 0. The number of hydrogen-bond acceptors (Lipinski definition) is 5. The normalized spacial score (nSPS) is 11.3. The third-order valence-electron chi connectivity index (χ3n) is 1.92. The predicted octanol–water partition coefficient (Wildman–Crippen LogP) is 3.05. The summed E-state index contributed by atoms with van der Waals surface area (Å²) in [6.07, 6.45) is -3.68. The number of carboxylic acid groups (broad SMARTS) is 1. The van der Waals surface area contributed by atoms with Crippen LogP contribution in [0.2, 0.25) is 0 Å². The lowest BCUT2D eigenvalue weighted by atomic mass is 10.4. The Balaban J connectivity index is 2.21. The van der Waals surface area contributed by atoms with Gasteiger partial charge in [-0.05, 0) is 6.07 Å². The second-order valence-electron chi connectivity index (χ2n) is 3.28. The molecule has 0 aliphatic carbocycles. The number of nitrogens with zero attached hydrogens (tertiary/aromatic N) is 2. The molecule has 1 N–H and O–H groups in total. The van der Waals surface area contributed by atoms with Gasteiger partial charge in [0.05, 0.1) is 0 Å². The number of rotatable bonds is 3. The molecule has 2 rings (SSSR count). The molecule has 0 saturated heterocycles. The highest BCUT2D eigenvalue weighted by Gasteiger charge is 2.33. The van der Waals surface area contributed by atoms with Crippen LogP contribution in [0.5, 0.6) is 11.8 Å². The van der Waals surface area contributed by atoms with E-state index in [1.807, 2.05) is 0 Å². The third-order valence-corrected chi connectivity index (χ3v) is 2.82. The van der Waals surface area contributed by atoms with E-state index in [1.54, 1.807) is 0 Å². The van der Waals surface area contributed by atoms with Gasteiger partial charge >= 0.3 is 18.2 Å². The number of aromatic nitrogens is 2. The van der Waals surface area contributed by atoms with Gasteiger partial charge in [0.2, 0.25) is 0 Å². The fraction of sp³-hybridized carbons (Fsp3) is 0.100. The molecule has 0 aliphatic rings. The maximum atomic E-state index is 12.4. The maximum Gasteiger partial charge on any atom is 0.433 e. The Kier molecular flexibility index (Phi) is 3.38. The Morgan fingerprint density at radius 1 is 1.42 bits per heavy atom. The molecule has 0 saturated carbocycles. The van der Waals surface area contributed by atoms with Crippen molar-refractivity contribution in [2.45, 2.75) is 6.18 Å². The van der Waals surface area contributed by atoms with Gasteiger partial charge in [0.25, 0.3) is 0 Å². The lowest BCUT2D eigenvalue weighted by Gasteiger charge is -2.06. The monoisotopic (exact) mass is 290 g/mol. The zero-order valence-corrected chi connectivity index (χ0v) is 9.83. The van der Waals surface area contributed by atoms with Crippen molar-refractivity contribution in [1.29, 1.82) is 0 Å². The highest BCUT2D eigenvalue weighted by molar-refractivity contribution is 7.12. The van der Waals surface area contributed by atoms with Crippen LogP contribution in [0.15, 0.2) is 23.7 Å². The summed E-state index contributed by atoms with van der Waals surface area (Å²) < 4.78 is 42.2. The van der Waals surface area contributed by atoms with Gasteiger partial charge in [-0.1, -0.05) is 0 Å². The van der Waals surface area contributed by atoms with Crippen LogP contribution in [0.3, 0.4) is 0 Å². The molecule has 5 nitrogen and oxygen atoms in total. The van der Waals surface area contributed by atoms with E-state index in [1.165, 1.54) is 11.4 Å². The Hall–Kier alpha value is -2.16. The van der Waals surface area contributed by atoms with Gasteiger partial charge in [-0.15, -0.1) is 11.3 Å². The van der Waals surface area contributed by atoms with Gasteiger partial charge in [0.15, 0.2) is 5.69 Å². The molecule has 19 heavy (non-hydrogen) atoms. The summed E-state index contributed by atoms with van der Waals surface area (Å²) in [5, 5.41) is 10.0. The van der Waals surface area contributed by atoms with Crippen molar-refractivity contribution in [3.63, 3.8) is 0 Å². The fourth-order valence-corrected chi connectivity index (χ4v) is 1.78. The summed E-state index contributed by atoms with van der Waals surface area (Å²) in [5.41, 5.74) is -1.13. The van der Waals surface area contributed by atoms with Crippen LogP contribution in [-0.2, 0) is 6.18 Å². The number of thiophene rings is 1. The van der Waals surface area contributed by atoms with Gasteiger partial charge in [-0.2, -0.15) is 18.2 Å². The number of alkyl halides is 3. The summed E-state index contributed by atoms with van der Waals surface area (Å²) in [5.74, 6) is -1.08. The maximum absolute atomic E-state index is 12.4. The molecule has 100 valence electrons. The minimum absolute atomic E-state index is 0.00183. The van der Waals surface area contributed by atoms with Crippen LogP contribution < -0.4 is 4.74 Å². The first kappa shape index (κ1) is 13.3. The summed E-state index contributed by atoms with van der Waals surface area (Å²) in [4.78, 5) is 17.3. The molecule has 0 aliphatic heterocycles. The largest absolute Gasteiger partial charge is 0.477 e. The molecule has 0 fully saturated rings.